The van der Waals surface area contributed by atoms with Crippen molar-refractivity contribution in [3.05, 3.63) is 35.2 Å². The molecule has 5 nitrogen and oxygen atoms in total. The highest BCUT2D eigenvalue weighted by Crippen LogP contribution is 2.21. The summed E-state index contributed by atoms with van der Waals surface area (Å²) in [7, 11) is 1.35. The molecule has 0 spiro atoms. The van der Waals surface area contributed by atoms with Gasteiger partial charge in [0, 0.05) is 12.5 Å². The highest BCUT2D eigenvalue weighted by atomic mass is 16.5. The van der Waals surface area contributed by atoms with Crippen molar-refractivity contribution in [3.8, 4) is 11.5 Å². The van der Waals surface area contributed by atoms with Crippen molar-refractivity contribution in [2.75, 3.05) is 7.11 Å². The molecular formula is C12H12N2O3. The van der Waals surface area contributed by atoms with Crippen molar-refractivity contribution in [2.45, 2.75) is 13.8 Å². The molecule has 0 aliphatic rings. The van der Waals surface area contributed by atoms with Gasteiger partial charge in [0.1, 0.15) is 0 Å². The van der Waals surface area contributed by atoms with Crippen molar-refractivity contribution in [1.82, 2.24) is 10.2 Å². The van der Waals surface area contributed by atoms with E-state index < -0.39 is 0 Å². The molecule has 1 aromatic carbocycles. The van der Waals surface area contributed by atoms with E-state index in [1.54, 1.807) is 13.0 Å². The molecule has 0 saturated carbocycles. The number of aryl methyl sites for hydroxylation is 2. The Morgan fingerprint density at radius 1 is 1.29 bits per heavy atom. The van der Waals surface area contributed by atoms with Crippen molar-refractivity contribution in [3.63, 3.8) is 0 Å². The Morgan fingerprint density at radius 2 is 2.06 bits per heavy atom. The summed E-state index contributed by atoms with van der Waals surface area (Å²) < 4.78 is 10.0. The van der Waals surface area contributed by atoms with Gasteiger partial charge in [-0.2, -0.15) is 0 Å². The monoisotopic (exact) mass is 232 g/mol. The Labute approximate surface area is 98.4 Å². The molecule has 0 aliphatic carbocycles. The van der Waals surface area contributed by atoms with Crippen molar-refractivity contribution < 1.29 is 13.9 Å². The van der Waals surface area contributed by atoms with E-state index >= 15 is 0 Å². The van der Waals surface area contributed by atoms with E-state index in [-0.39, 0.29) is 5.97 Å². The first-order valence-electron chi connectivity index (χ1n) is 5.11. The van der Waals surface area contributed by atoms with Gasteiger partial charge < -0.3 is 9.15 Å². The van der Waals surface area contributed by atoms with Gasteiger partial charge in [-0.1, -0.05) is 6.07 Å². The largest absolute Gasteiger partial charge is 0.465 e. The molecule has 0 aliphatic heterocycles. The highest BCUT2D eigenvalue weighted by Gasteiger charge is 2.13. The molecule has 1 heterocycles. The zero-order valence-corrected chi connectivity index (χ0v) is 9.85. The minimum Gasteiger partial charge on any atom is -0.465 e. The molecule has 0 fully saturated rings. The molecule has 1 aromatic heterocycles. The molecule has 88 valence electrons. The third-order valence-corrected chi connectivity index (χ3v) is 2.42. The number of hydrogen-bond acceptors (Lipinski definition) is 5. The molecule has 2 rings (SSSR count). The lowest BCUT2D eigenvalue weighted by Gasteiger charge is -2.04. The zero-order chi connectivity index (χ0) is 12.4. The Bertz CT molecular complexity index is 561. The first-order valence-corrected chi connectivity index (χ1v) is 5.11. The molecule has 5 heteroatoms. The molecule has 0 N–H and O–H groups in total. The second kappa shape index (κ2) is 4.37. The molecule has 0 saturated heterocycles. The molecule has 2 aromatic rings. The van der Waals surface area contributed by atoms with Gasteiger partial charge in [-0.25, -0.2) is 4.79 Å². The lowest BCUT2D eigenvalue weighted by atomic mass is 10.1. The van der Waals surface area contributed by atoms with Crippen LogP contribution in [0.4, 0.5) is 0 Å². The molecule has 0 bridgehead atoms. The average molecular weight is 232 g/mol. The number of benzene rings is 1. The summed E-state index contributed by atoms with van der Waals surface area (Å²) in [6, 6.07) is 5.34. The molecule has 0 amide bonds. The van der Waals surface area contributed by atoms with E-state index in [1.807, 2.05) is 19.1 Å². The van der Waals surface area contributed by atoms with Gasteiger partial charge in [0.2, 0.25) is 11.8 Å². The van der Waals surface area contributed by atoms with Gasteiger partial charge >= 0.3 is 5.97 Å². The number of ether oxygens (including phenoxy) is 1. The number of nitrogens with zero attached hydrogens (tertiary/aromatic N) is 2. The fourth-order valence-electron chi connectivity index (χ4n) is 1.50. The van der Waals surface area contributed by atoms with Gasteiger partial charge in [0.25, 0.3) is 0 Å². The summed E-state index contributed by atoms with van der Waals surface area (Å²) in [4.78, 5) is 11.5. The van der Waals surface area contributed by atoms with Gasteiger partial charge in [-0.3, -0.25) is 0 Å². The Kier molecular flexibility index (Phi) is 2.91. The molecule has 17 heavy (non-hydrogen) atoms. The number of esters is 1. The van der Waals surface area contributed by atoms with Crippen LogP contribution in [0.15, 0.2) is 22.6 Å². The maximum absolute atomic E-state index is 11.5. The maximum Gasteiger partial charge on any atom is 0.338 e. The van der Waals surface area contributed by atoms with Crippen LogP contribution in [0.2, 0.25) is 0 Å². The molecule has 0 unspecified atom stereocenters. The minimum atomic E-state index is -0.374. The highest BCUT2D eigenvalue weighted by molar-refractivity contribution is 5.92. The topological polar surface area (TPSA) is 65.2 Å². The number of carbonyl (C=O) groups is 1. The van der Waals surface area contributed by atoms with E-state index in [1.165, 1.54) is 7.11 Å². The molecule has 0 atom stereocenters. The Morgan fingerprint density at radius 3 is 2.65 bits per heavy atom. The van der Waals surface area contributed by atoms with Gasteiger partial charge in [0.15, 0.2) is 0 Å². The maximum atomic E-state index is 11.5. The first-order chi connectivity index (χ1) is 8.11. The summed E-state index contributed by atoms with van der Waals surface area (Å²) in [6.45, 7) is 3.56. The number of methoxy groups -OCH3 is 1. The molecule has 0 radical (unpaired) electrons. The zero-order valence-electron chi connectivity index (χ0n) is 9.85. The smallest absolute Gasteiger partial charge is 0.338 e. The number of hydrogen-bond donors (Lipinski definition) is 0. The van der Waals surface area contributed by atoms with Crippen LogP contribution in [0.5, 0.6) is 0 Å². The lowest BCUT2D eigenvalue weighted by Crippen LogP contribution is -2.03. The average Bonchev–Trinajstić information content (AvgIpc) is 2.75. The SMILES string of the molecule is COC(=O)c1cc(-c2nnc(C)o2)ccc1C. The number of rotatable bonds is 2. The minimum absolute atomic E-state index is 0.374. The summed E-state index contributed by atoms with van der Waals surface area (Å²) in [5, 5.41) is 7.65. The van der Waals surface area contributed by atoms with Crippen LogP contribution < -0.4 is 0 Å². The van der Waals surface area contributed by atoms with E-state index in [9.17, 15) is 4.79 Å². The second-order valence-corrected chi connectivity index (χ2v) is 3.65. The van der Waals surface area contributed by atoms with E-state index in [4.69, 9.17) is 9.15 Å². The normalized spacial score (nSPS) is 10.3. The Hall–Kier alpha value is -2.17. The number of carbonyl (C=O) groups excluding carboxylic acids is 1. The Balaban J connectivity index is 2.47. The fraction of sp³-hybridized carbons (Fsp3) is 0.250. The standard InChI is InChI=1S/C12H12N2O3/c1-7-4-5-9(6-10(7)12(15)16-3)11-14-13-8(2)17-11/h4-6H,1-3H3. The number of aromatic nitrogens is 2. The third-order valence-electron chi connectivity index (χ3n) is 2.42. The fourth-order valence-corrected chi connectivity index (χ4v) is 1.50. The van der Waals surface area contributed by atoms with Crippen molar-refractivity contribution >= 4 is 5.97 Å². The van der Waals surface area contributed by atoms with Crippen LogP contribution in [0.25, 0.3) is 11.5 Å². The third kappa shape index (κ3) is 2.18. The summed E-state index contributed by atoms with van der Waals surface area (Å²) in [6.07, 6.45) is 0. The summed E-state index contributed by atoms with van der Waals surface area (Å²) >= 11 is 0. The van der Waals surface area contributed by atoms with Crippen LogP contribution in [0.1, 0.15) is 21.8 Å². The second-order valence-electron chi connectivity index (χ2n) is 3.65. The summed E-state index contributed by atoms with van der Waals surface area (Å²) in [5.74, 6) is 0.508. The van der Waals surface area contributed by atoms with Crippen LogP contribution in [-0.4, -0.2) is 23.3 Å². The van der Waals surface area contributed by atoms with Gasteiger partial charge in [-0.15, -0.1) is 10.2 Å². The predicted molar refractivity (Wildman–Crippen MR) is 60.5 cm³/mol. The predicted octanol–water partition coefficient (Wildman–Crippen LogP) is 2.14. The van der Waals surface area contributed by atoms with Crippen molar-refractivity contribution in [2.24, 2.45) is 0 Å². The lowest BCUT2D eigenvalue weighted by molar-refractivity contribution is 0.0600. The summed E-state index contributed by atoms with van der Waals surface area (Å²) in [5.41, 5.74) is 2.05. The van der Waals surface area contributed by atoms with Crippen LogP contribution in [0.3, 0.4) is 0 Å². The molecular weight excluding hydrogens is 220 g/mol. The van der Waals surface area contributed by atoms with E-state index in [0.29, 0.717) is 22.9 Å². The van der Waals surface area contributed by atoms with Gasteiger partial charge in [0.05, 0.1) is 12.7 Å². The van der Waals surface area contributed by atoms with Crippen LogP contribution in [-0.2, 0) is 4.74 Å². The van der Waals surface area contributed by atoms with Gasteiger partial charge in [-0.05, 0) is 24.6 Å². The van der Waals surface area contributed by atoms with Crippen LogP contribution >= 0.6 is 0 Å². The van der Waals surface area contributed by atoms with Crippen molar-refractivity contribution in [1.29, 1.82) is 0 Å². The first kappa shape index (κ1) is 11.3. The van der Waals surface area contributed by atoms with E-state index in [0.717, 1.165) is 5.56 Å². The van der Waals surface area contributed by atoms with Crippen LogP contribution in [0, 0.1) is 13.8 Å². The quantitative estimate of drug-likeness (QED) is 0.742. The van der Waals surface area contributed by atoms with E-state index in [2.05, 4.69) is 10.2 Å².